The number of benzene rings is 6. The Balaban J connectivity index is 1.70. The Morgan fingerprint density at radius 3 is 1.11 bits per heavy atom. The minimum atomic E-state index is 1.12. The molecule has 0 saturated carbocycles. The van der Waals surface area contributed by atoms with Gasteiger partial charge in [-0.3, -0.25) is 0 Å². The molecule has 0 bridgehead atoms. The highest BCUT2D eigenvalue weighted by atomic mass is 79.9. The fourth-order valence-electron chi connectivity index (χ4n) is 4.17. The van der Waals surface area contributed by atoms with Gasteiger partial charge >= 0.3 is 0 Å². The first-order valence-corrected chi connectivity index (χ1v) is 9.92. The lowest BCUT2D eigenvalue weighted by atomic mass is 9.96. The minimum Gasteiger partial charge on any atom is -0.0616 e. The van der Waals surface area contributed by atoms with Crippen molar-refractivity contribution in [2.45, 2.75) is 0 Å². The van der Waals surface area contributed by atoms with Crippen LogP contribution in [0.2, 0.25) is 0 Å². The molecule has 0 spiro atoms. The Hall–Kier alpha value is -2.90. The van der Waals surface area contributed by atoms with Crippen molar-refractivity contribution in [2.75, 3.05) is 0 Å². The zero-order chi connectivity index (χ0) is 18.0. The predicted molar refractivity (Wildman–Crippen MR) is 122 cm³/mol. The second-order valence-electron chi connectivity index (χ2n) is 7.29. The molecule has 0 aliphatic carbocycles. The highest BCUT2D eigenvalue weighted by Gasteiger charge is 2.05. The van der Waals surface area contributed by atoms with Crippen LogP contribution < -0.4 is 0 Å². The number of halogens is 1. The Labute approximate surface area is 165 Å². The summed E-state index contributed by atoms with van der Waals surface area (Å²) in [6.07, 6.45) is 0. The molecule has 6 aromatic carbocycles. The third-order valence-corrected chi connectivity index (χ3v) is 6.03. The minimum absolute atomic E-state index is 1.12. The molecular weight excluding hydrogens is 392 g/mol. The fraction of sp³-hybridized carbons (Fsp3) is 0. The van der Waals surface area contributed by atoms with E-state index in [2.05, 4.69) is 107 Å². The molecule has 126 valence electrons. The molecule has 0 fully saturated rings. The highest BCUT2D eigenvalue weighted by molar-refractivity contribution is 9.10. The summed E-state index contributed by atoms with van der Waals surface area (Å²) in [5.41, 5.74) is 0. The van der Waals surface area contributed by atoms with E-state index >= 15 is 0 Å². The monoisotopic (exact) mass is 406 g/mol. The smallest absolute Gasteiger partial charge is 0.0181 e. The maximum atomic E-state index is 3.58. The van der Waals surface area contributed by atoms with E-state index in [0.29, 0.717) is 0 Å². The predicted octanol–water partition coefficient (Wildman–Crippen LogP) is 8.22. The summed E-state index contributed by atoms with van der Waals surface area (Å²) in [5, 5.41) is 12.9. The maximum absolute atomic E-state index is 3.58. The zero-order valence-electron chi connectivity index (χ0n) is 14.5. The summed E-state index contributed by atoms with van der Waals surface area (Å²) in [6.45, 7) is 0. The van der Waals surface area contributed by atoms with Crippen LogP contribution in [0.5, 0.6) is 0 Å². The molecule has 0 heterocycles. The molecule has 0 atom stereocenters. The summed E-state index contributed by atoms with van der Waals surface area (Å²) in [7, 11) is 0. The molecule has 6 rings (SSSR count). The van der Waals surface area contributed by atoms with Crippen LogP contribution >= 0.6 is 15.9 Å². The Bertz CT molecular complexity index is 1530. The summed E-state index contributed by atoms with van der Waals surface area (Å²) < 4.78 is 1.12. The first-order chi connectivity index (χ1) is 13.2. The SMILES string of the molecule is Brc1ccc2cc3cc4cc5cc6ccccc6cc5cc4cc3cc2c1. The summed E-state index contributed by atoms with van der Waals surface area (Å²) in [6, 6.07) is 33.5. The summed E-state index contributed by atoms with van der Waals surface area (Å²) >= 11 is 3.58. The van der Waals surface area contributed by atoms with E-state index in [9.17, 15) is 0 Å². The van der Waals surface area contributed by atoms with Crippen molar-refractivity contribution in [3.63, 3.8) is 0 Å². The van der Waals surface area contributed by atoms with E-state index in [0.717, 1.165) is 4.47 Å². The van der Waals surface area contributed by atoms with Gasteiger partial charge in [0, 0.05) is 4.47 Å². The Morgan fingerprint density at radius 1 is 0.333 bits per heavy atom. The van der Waals surface area contributed by atoms with Gasteiger partial charge in [0.2, 0.25) is 0 Å². The van der Waals surface area contributed by atoms with Crippen molar-refractivity contribution in [3.8, 4) is 0 Å². The molecule has 6 aromatic rings. The van der Waals surface area contributed by atoms with Crippen molar-refractivity contribution >= 4 is 69.8 Å². The van der Waals surface area contributed by atoms with Crippen LogP contribution in [0.4, 0.5) is 0 Å². The van der Waals surface area contributed by atoms with E-state index in [1.807, 2.05) is 0 Å². The van der Waals surface area contributed by atoms with Crippen molar-refractivity contribution in [3.05, 3.63) is 95.5 Å². The Kier molecular flexibility index (Phi) is 3.12. The number of hydrogen-bond donors (Lipinski definition) is 0. The lowest BCUT2D eigenvalue weighted by molar-refractivity contribution is 1.73. The zero-order valence-corrected chi connectivity index (χ0v) is 16.1. The molecule has 27 heavy (non-hydrogen) atoms. The largest absolute Gasteiger partial charge is 0.0616 e. The molecule has 0 saturated heterocycles. The normalized spacial score (nSPS) is 11.9. The van der Waals surface area contributed by atoms with Gasteiger partial charge in [0.1, 0.15) is 0 Å². The molecule has 1 heteroatoms. The van der Waals surface area contributed by atoms with Crippen LogP contribution in [0.15, 0.2) is 95.5 Å². The van der Waals surface area contributed by atoms with Gasteiger partial charge in [0.25, 0.3) is 0 Å². The van der Waals surface area contributed by atoms with Gasteiger partial charge in [-0.25, -0.2) is 0 Å². The summed E-state index contributed by atoms with van der Waals surface area (Å²) in [4.78, 5) is 0. The molecule has 0 amide bonds. The van der Waals surface area contributed by atoms with Gasteiger partial charge < -0.3 is 0 Å². The lowest BCUT2D eigenvalue weighted by Gasteiger charge is -2.08. The second kappa shape index (κ2) is 5.55. The molecule has 0 aliphatic rings. The van der Waals surface area contributed by atoms with E-state index < -0.39 is 0 Å². The molecular formula is C26H15Br. The fourth-order valence-corrected chi connectivity index (χ4v) is 4.54. The molecule has 0 aromatic heterocycles. The van der Waals surface area contributed by atoms with Crippen LogP contribution in [0.25, 0.3) is 53.9 Å². The van der Waals surface area contributed by atoms with E-state index in [1.165, 1.54) is 53.9 Å². The van der Waals surface area contributed by atoms with Crippen molar-refractivity contribution in [1.82, 2.24) is 0 Å². The van der Waals surface area contributed by atoms with Crippen molar-refractivity contribution in [1.29, 1.82) is 0 Å². The quantitative estimate of drug-likeness (QED) is 0.223. The molecule has 0 N–H and O–H groups in total. The van der Waals surface area contributed by atoms with Gasteiger partial charge in [0.05, 0.1) is 0 Å². The Morgan fingerprint density at radius 2 is 0.667 bits per heavy atom. The summed E-state index contributed by atoms with van der Waals surface area (Å²) in [5.74, 6) is 0. The van der Waals surface area contributed by atoms with Crippen LogP contribution in [0.3, 0.4) is 0 Å². The van der Waals surface area contributed by atoms with Gasteiger partial charge in [0.15, 0.2) is 0 Å². The second-order valence-corrected chi connectivity index (χ2v) is 8.20. The lowest BCUT2D eigenvalue weighted by Crippen LogP contribution is -1.81. The van der Waals surface area contributed by atoms with Crippen LogP contribution in [-0.2, 0) is 0 Å². The van der Waals surface area contributed by atoms with Crippen molar-refractivity contribution in [2.24, 2.45) is 0 Å². The standard InChI is InChI=1S/C26H15Br/c27-26-6-5-18-9-21-12-22-10-19-7-16-3-1-2-4-17(16)8-20(19)11-23(22)13-24(21)14-25(18)15-26/h1-15H. The van der Waals surface area contributed by atoms with Gasteiger partial charge in [-0.05, 0) is 115 Å². The average molecular weight is 407 g/mol. The van der Waals surface area contributed by atoms with E-state index in [4.69, 9.17) is 0 Å². The molecule has 0 radical (unpaired) electrons. The number of rotatable bonds is 0. The molecule has 0 unspecified atom stereocenters. The molecule has 0 aliphatic heterocycles. The molecule has 0 nitrogen and oxygen atoms in total. The third-order valence-electron chi connectivity index (χ3n) is 5.53. The van der Waals surface area contributed by atoms with Gasteiger partial charge in [-0.15, -0.1) is 0 Å². The first kappa shape index (κ1) is 15.2. The highest BCUT2D eigenvalue weighted by Crippen LogP contribution is 2.32. The topological polar surface area (TPSA) is 0 Å². The van der Waals surface area contributed by atoms with Crippen LogP contribution in [-0.4, -0.2) is 0 Å². The number of fused-ring (bicyclic) bond motifs is 5. The van der Waals surface area contributed by atoms with Crippen molar-refractivity contribution < 1.29 is 0 Å². The van der Waals surface area contributed by atoms with Crippen LogP contribution in [0, 0.1) is 0 Å². The first-order valence-electron chi connectivity index (χ1n) is 9.12. The van der Waals surface area contributed by atoms with Gasteiger partial charge in [-0.1, -0.05) is 46.3 Å². The maximum Gasteiger partial charge on any atom is 0.0181 e. The van der Waals surface area contributed by atoms with Crippen LogP contribution in [0.1, 0.15) is 0 Å². The van der Waals surface area contributed by atoms with Gasteiger partial charge in [-0.2, -0.15) is 0 Å². The average Bonchev–Trinajstić information content (AvgIpc) is 2.67. The third kappa shape index (κ3) is 2.43. The van der Waals surface area contributed by atoms with E-state index in [1.54, 1.807) is 0 Å². The number of hydrogen-bond acceptors (Lipinski definition) is 0. The van der Waals surface area contributed by atoms with E-state index in [-0.39, 0.29) is 0 Å².